The molecule has 2 aliphatic rings. The van der Waals surface area contributed by atoms with Crippen molar-refractivity contribution >= 4 is 5.91 Å². The molecule has 1 aromatic rings. The molecule has 3 rings (SSSR count). The number of H-pyrrole nitrogens is 1. The molecule has 0 radical (unpaired) electrons. The maximum absolute atomic E-state index is 12.2. The third-order valence-corrected chi connectivity index (χ3v) is 4.40. The Morgan fingerprint density at radius 3 is 2.89 bits per heavy atom. The van der Waals surface area contributed by atoms with Crippen molar-refractivity contribution in [2.75, 3.05) is 13.1 Å². The number of hydrogen-bond acceptors (Lipinski definition) is 3. The van der Waals surface area contributed by atoms with Gasteiger partial charge in [-0.25, -0.2) is 0 Å². The van der Waals surface area contributed by atoms with E-state index in [1.807, 2.05) is 17.9 Å². The zero-order chi connectivity index (χ0) is 13.4. The highest BCUT2D eigenvalue weighted by Crippen LogP contribution is 2.31. The van der Waals surface area contributed by atoms with Crippen LogP contribution in [0, 0.1) is 18.8 Å². The minimum Gasteiger partial charge on any atom is -0.391 e. The summed E-state index contributed by atoms with van der Waals surface area (Å²) in [7, 11) is 0. The quantitative estimate of drug-likeness (QED) is 0.850. The number of aromatic nitrogens is 2. The van der Waals surface area contributed by atoms with E-state index in [1.54, 1.807) is 0 Å². The van der Waals surface area contributed by atoms with Crippen LogP contribution in [0.4, 0.5) is 0 Å². The average molecular weight is 263 g/mol. The molecule has 19 heavy (non-hydrogen) atoms. The zero-order valence-corrected chi connectivity index (χ0v) is 11.3. The normalized spacial score (nSPS) is 27.6. The number of carbonyl (C=O) groups excluding carboxylic acids is 1. The number of aromatic amines is 1. The molecule has 0 unspecified atom stereocenters. The van der Waals surface area contributed by atoms with Gasteiger partial charge in [-0.3, -0.25) is 9.89 Å². The molecule has 1 aliphatic heterocycles. The van der Waals surface area contributed by atoms with Crippen molar-refractivity contribution in [1.29, 1.82) is 0 Å². The minimum atomic E-state index is -0.416. The highest BCUT2D eigenvalue weighted by atomic mass is 16.3. The Hall–Kier alpha value is -1.36. The van der Waals surface area contributed by atoms with Gasteiger partial charge in [0, 0.05) is 30.6 Å². The van der Waals surface area contributed by atoms with Crippen molar-refractivity contribution < 1.29 is 9.90 Å². The Morgan fingerprint density at radius 2 is 2.32 bits per heavy atom. The van der Waals surface area contributed by atoms with Gasteiger partial charge in [0.15, 0.2) is 0 Å². The third kappa shape index (κ3) is 2.52. The summed E-state index contributed by atoms with van der Waals surface area (Å²) in [6, 6.07) is 2.00. The monoisotopic (exact) mass is 263 g/mol. The van der Waals surface area contributed by atoms with Crippen LogP contribution in [0.15, 0.2) is 6.07 Å². The molecule has 1 aromatic heterocycles. The number of aliphatic hydroxyl groups is 1. The predicted octanol–water partition coefficient (Wildman–Crippen LogP) is 0.880. The lowest BCUT2D eigenvalue weighted by atomic mass is 9.84. The van der Waals surface area contributed by atoms with Crippen LogP contribution in [-0.2, 0) is 11.2 Å². The first-order valence-corrected chi connectivity index (χ1v) is 7.11. The summed E-state index contributed by atoms with van der Waals surface area (Å²) in [5.74, 6) is 0.580. The average Bonchev–Trinajstić information content (AvgIpc) is 2.85. The van der Waals surface area contributed by atoms with Crippen LogP contribution in [0.1, 0.15) is 30.7 Å². The number of carbonyl (C=O) groups is 1. The van der Waals surface area contributed by atoms with Gasteiger partial charge in [0.05, 0.1) is 11.8 Å². The lowest BCUT2D eigenvalue weighted by Gasteiger charge is -2.29. The molecule has 1 aliphatic carbocycles. The van der Waals surface area contributed by atoms with Gasteiger partial charge in [-0.15, -0.1) is 0 Å². The van der Waals surface area contributed by atoms with Crippen LogP contribution in [0.2, 0.25) is 0 Å². The van der Waals surface area contributed by atoms with E-state index in [9.17, 15) is 9.90 Å². The van der Waals surface area contributed by atoms with Gasteiger partial charge >= 0.3 is 0 Å². The molecular weight excluding hydrogens is 242 g/mol. The number of nitrogens with zero attached hydrogens (tertiary/aromatic N) is 2. The number of aryl methyl sites for hydroxylation is 1. The molecule has 0 aromatic carbocycles. The standard InChI is InChI=1S/C14H21N3O2/c1-9-5-12(16-15-9)6-11-7-17(8-13(11)18)14(19)10-3-2-4-10/h5,10-11,13,18H,2-4,6-8H2,1H3,(H,15,16)/t11-,13-/m1/s1. The number of likely N-dealkylation sites (tertiary alicyclic amines) is 1. The fourth-order valence-electron chi connectivity index (χ4n) is 3.00. The summed E-state index contributed by atoms with van der Waals surface area (Å²) in [6.45, 7) is 3.12. The Kier molecular flexibility index (Phi) is 3.31. The zero-order valence-electron chi connectivity index (χ0n) is 11.3. The van der Waals surface area contributed by atoms with Gasteiger partial charge in [-0.1, -0.05) is 6.42 Å². The summed E-state index contributed by atoms with van der Waals surface area (Å²) in [6.07, 6.45) is 3.53. The lowest BCUT2D eigenvalue weighted by molar-refractivity contribution is -0.137. The van der Waals surface area contributed by atoms with Gasteiger partial charge in [-0.05, 0) is 32.3 Å². The van der Waals surface area contributed by atoms with E-state index in [2.05, 4.69) is 10.2 Å². The van der Waals surface area contributed by atoms with Gasteiger partial charge in [-0.2, -0.15) is 5.10 Å². The van der Waals surface area contributed by atoms with Gasteiger partial charge in [0.25, 0.3) is 0 Å². The number of rotatable bonds is 3. The molecule has 1 amide bonds. The highest BCUT2D eigenvalue weighted by molar-refractivity contribution is 5.80. The number of aliphatic hydroxyl groups excluding tert-OH is 1. The Bertz CT molecular complexity index is 467. The molecule has 0 bridgehead atoms. The van der Waals surface area contributed by atoms with E-state index in [4.69, 9.17) is 0 Å². The molecule has 104 valence electrons. The number of nitrogens with one attached hydrogen (secondary N) is 1. The fraction of sp³-hybridized carbons (Fsp3) is 0.714. The topological polar surface area (TPSA) is 69.2 Å². The predicted molar refractivity (Wildman–Crippen MR) is 70.4 cm³/mol. The molecule has 2 atom stereocenters. The molecular formula is C14H21N3O2. The second-order valence-electron chi connectivity index (χ2n) is 5.94. The van der Waals surface area contributed by atoms with E-state index in [-0.39, 0.29) is 17.7 Å². The van der Waals surface area contributed by atoms with Crippen molar-refractivity contribution in [3.8, 4) is 0 Å². The third-order valence-electron chi connectivity index (χ3n) is 4.40. The van der Waals surface area contributed by atoms with E-state index < -0.39 is 6.10 Å². The van der Waals surface area contributed by atoms with Crippen LogP contribution in [0.3, 0.4) is 0 Å². The molecule has 2 heterocycles. The lowest BCUT2D eigenvalue weighted by Crippen LogP contribution is -2.37. The van der Waals surface area contributed by atoms with Crippen molar-refractivity contribution in [3.63, 3.8) is 0 Å². The van der Waals surface area contributed by atoms with Crippen LogP contribution in [0.25, 0.3) is 0 Å². The summed E-state index contributed by atoms with van der Waals surface area (Å²) in [5, 5.41) is 17.2. The first-order chi connectivity index (χ1) is 9.13. The van der Waals surface area contributed by atoms with Gasteiger partial charge in [0.1, 0.15) is 0 Å². The molecule has 2 fully saturated rings. The van der Waals surface area contributed by atoms with E-state index >= 15 is 0 Å². The summed E-state index contributed by atoms with van der Waals surface area (Å²) in [4.78, 5) is 14.0. The van der Waals surface area contributed by atoms with Crippen molar-refractivity contribution in [2.45, 2.75) is 38.7 Å². The first kappa shape index (κ1) is 12.7. The van der Waals surface area contributed by atoms with Crippen LogP contribution >= 0.6 is 0 Å². The van der Waals surface area contributed by atoms with Crippen LogP contribution < -0.4 is 0 Å². The van der Waals surface area contributed by atoms with E-state index in [0.29, 0.717) is 13.1 Å². The number of amides is 1. The van der Waals surface area contributed by atoms with Crippen LogP contribution in [0.5, 0.6) is 0 Å². The van der Waals surface area contributed by atoms with E-state index in [0.717, 1.165) is 30.7 Å². The largest absolute Gasteiger partial charge is 0.391 e. The van der Waals surface area contributed by atoms with Crippen molar-refractivity contribution in [3.05, 3.63) is 17.5 Å². The smallest absolute Gasteiger partial charge is 0.225 e. The van der Waals surface area contributed by atoms with Crippen LogP contribution in [-0.4, -0.2) is 45.3 Å². The maximum Gasteiger partial charge on any atom is 0.225 e. The molecule has 1 saturated heterocycles. The number of hydrogen-bond donors (Lipinski definition) is 2. The summed E-state index contributed by atoms with van der Waals surface area (Å²) >= 11 is 0. The highest BCUT2D eigenvalue weighted by Gasteiger charge is 2.38. The molecule has 5 heteroatoms. The summed E-state index contributed by atoms with van der Waals surface area (Å²) < 4.78 is 0. The van der Waals surface area contributed by atoms with Crippen molar-refractivity contribution in [1.82, 2.24) is 15.1 Å². The second-order valence-corrected chi connectivity index (χ2v) is 5.94. The van der Waals surface area contributed by atoms with E-state index in [1.165, 1.54) is 6.42 Å². The van der Waals surface area contributed by atoms with Crippen molar-refractivity contribution in [2.24, 2.45) is 11.8 Å². The Labute approximate surface area is 113 Å². The Balaban J connectivity index is 1.60. The molecule has 5 nitrogen and oxygen atoms in total. The van der Waals surface area contributed by atoms with Gasteiger partial charge in [0.2, 0.25) is 5.91 Å². The molecule has 2 N–H and O–H groups in total. The minimum absolute atomic E-state index is 0.117. The number of β-amino-alcohol motifs (C(OH)–C–C–N with tert-alkyl or cyclic N) is 1. The SMILES string of the molecule is Cc1cc(C[C@@H]2CN(C(=O)C3CCC3)C[C@H]2O)n[nH]1. The Morgan fingerprint density at radius 1 is 1.53 bits per heavy atom. The van der Waals surface area contributed by atoms with Gasteiger partial charge < -0.3 is 10.0 Å². The maximum atomic E-state index is 12.2. The molecule has 1 saturated carbocycles. The first-order valence-electron chi connectivity index (χ1n) is 7.11. The molecule has 0 spiro atoms. The second kappa shape index (κ2) is 4.96. The summed E-state index contributed by atoms with van der Waals surface area (Å²) in [5.41, 5.74) is 2.00. The fourth-order valence-corrected chi connectivity index (χ4v) is 3.00.